The molecule has 18 heteroatoms. The number of anilines is 6. The molecule has 16 nitrogen and oxygen atoms in total. The van der Waals surface area contributed by atoms with Crippen LogP contribution in [-0.2, 0) is 38.9 Å². The number of benzene rings is 6. The highest BCUT2D eigenvalue weighted by Gasteiger charge is 2.21. The molecule has 6 aromatic carbocycles. The Hall–Kier alpha value is -8.74. The van der Waals surface area contributed by atoms with E-state index in [-0.39, 0.29) is 24.2 Å². The van der Waals surface area contributed by atoms with E-state index in [0.717, 1.165) is 71.2 Å². The number of hydrogen-bond acceptors (Lipinski definition) is 15. The summed E-state index contributed by atoms with van der Waals surface area (Å²) in [5.74, 6) is 2.54. The maximum Gasteiger partial charge on any atom is 0.307 e. The van der Waals surface area contributed by atoms with Crippen LogP contribution in [-0.4, -0.2) is 92.1 Å². The van der Waals surface area contributed by atoms with Gasteiger partial charge in [0.05, 0.1) is 35.6 Å². The lowest BCUT2D eigenvalue weighted by molar-refractivity contribution is -0.154. The first-order valence-electron chi connectivity index (χ1n) is 31.0. The van der Waals surface area contributed by atoms with E-state index in [1.54, 1.807) is 42.2 Å². The number of aryl methyl sites for hydroxylation is 2. The number of rotatable bonds is 24. The first-order chi connectivity index (χ1) is 43.6. The number of carboxylic acids is 1. The lowest BCUT2D eigenvalue weighted by atomic mass is 10.0. The van der Waals surface area contributed by atoms with Gasteiger partial charge in [-0.3, -0.25) is 19.2 Å². The minimum atomic E-state index is -0.805. The van der Waals surface area contributed by atoms with Crippen molar-refractivity contribution in [3.63, 3.8) is 0 Å². The number of amides is 2. The number of nitrogens with one attached hydrogen (secondary N) is 4. The number of carboxylic acid groups (broad SMARTS) is 1. The average Bonchev–Trinajstić information content (AvgIpc) is 1.00. The number of carbonyl (C=O) groups excluding carboxylic acids is 3. The topological polar surface area (TPSA) is 204 Å². The highest BCUT2D eigenvalue weighted by Crippen LogP contribution is 2.36. The second kappa shape index (κ2) is 32.7. The summed E-state index contributed by atoms with van der Waals surface area (Å²) in [5, 5.41) is 22.0. The number of aliphatic carboxylic acids is 1. The van der Waals surface area contributed by atoms with Crippen LogP contribution in [0.15, 0.2) is 158 Å². The minimum Gasteiger partial charge on any atom is -0.481 e. The zero-order valence-corrected chi connectivity index (χ0v) is 53.9. The van der Waals surface area contributed by atoms with Crippen LogP contribution in [0, 0.1) is 13.8 Å². The van der Waals surface area contributed by atoms with Crippen LogP contribution in [0.4, 0.5) is 34.4 Å². The predicted octanol–water partition coefficient (Wildman–Crippen LogP) is 15.3. The average molecular weight is 1250 g/mol. The van der Waals surface area contributed by atoms with Crippen LogP contribution in [0.2, 0.25) is 0 Å². The van der Waals surface area contributed by atoms with Crippen molar-refractivity contribution in [3.8, 4) is 22.5 Å². The van der Waals surface area contributed by atoms with Crippen LogP contribution in [0.1, 0.15) is 126 Å². The minimum absolute atomic E-state index is 0.118. The van der Waals surface area contributed by atoms with Crippen molar-refractivity contribution < 1.29 is 29.0 Å². The summed E-state index contributed by atoms with van der Waals surface area (Å²) in [6, 6.07) is 48.1. The molecule has 4 heterocycles. The second-order valence-corrected chi connectivity index (χ2v) is 25.9. The maximum atomic E-state index is 13.6. The Labute approximate surface area is 537 Å². The molecular formula is C72H82N10O6S2. The summed E-state index contributed by atoms with van der Waals surface area (Å²) < 4.78 is 5.40. The van der Waals surface area contributed by atoms with Gasteiger partial charge in [0.25, 0.3) is 11.8 Å². The molecule has 2 fully saturated rings. The van der Waals surface area contributed by atoms with E-state index in [2.05, 4.69) is 132 Å². The molecule has 2 amide bonds. The molecule has 0 unspecified atom stereocenters. The third-order valence-electron chi connectivity index (χ3n) is 15.2. The van der Waals surface area contributed by atoms with Gasteiger partial charge in [-0.1, -0.05) is 83.9 Å². The number of hydrogen-bond donors (Lipinski definition) is 5. The summed E-state index contributed by atoms with van der Waals surface area (Å²) in [6.45, 7) is 15.1. The molecular weight excluding hydrogens is 1160 g/mol. The number of carbonyl (C=O) groups is 4. The van der Waals surface area contributed by atoms with E-state index in [1.807, 2.05) is 93.6 Å². The van der Waals surface area contributed by atoms with Gasteiger partial charge in [-0.15, -0.1) is 0 Å². The van der Waals surface area contributed by atoms with Gasteiger partial charge in [-0.2, -0.15) is 23.5 Å². The van der Waals surface area contributed by atoms with Crippen LogP contribution < -0.4 is 31.1 Å². The maximum absolute atomic E-state index is 13.6. The molecule has 8 aromatic rings. The molecule has 0 saturated carbocycles. The molecule has 0 bridgehead atoms. The number of nitrogens with zero attached hydrogens (tertiary/aromatic N) is 6. The van der Waals surface area contributed by atoms with Gasteiger partial charge < -0.3 is 40.9 Å². The Morgan fingerprint density at radius 1 is 0.511 bits per heavy atom. The SMILES string of the molecule is Cc1cccc(CNc2cc(-c3cc(N4CCCCC4)ccc3NC(=O)c3cccc(CSCCC(=O)O)c3)ncn2)c1.Cc1cccc(CNc2cc(-c3cc(N4CCCCC4)ccc3NC(=O)c3cccc(CSCCC(=O)OC(C)(C)C)c3)ncn2)c1. The van der Waals surface area contributed by atoms with E-state index in [4.69, 9.17) is 9.84 Å². The molecule has 2 aromatic heterocycles. The standard InChI is InChI=1S/C38H45N5O3S.C34H37N5O3S/c1-27-10-8-11-28(20-27)24-39-35-23-34(40-26-41-35)32-22-31(43-17-6-5-7-18-43)14-15-33(32)42-37(45)30-13-9-12-29(21-30)25-47-19-16-36(44)46-38(2,3)4;1-24-7-5-8-25(17-24)21-35-32-20-31(36-23-37-32)29-19-28(39-14-3-2-4-15-39)11-12-30(29)38-34(42)27-10-6-9-26(18-27)22-43-16-13-33(40)41/h8-15,20-23,26H,5-7,16-19,24-25H2,1-4H3,(H,42,45)(H,39,40,41);5-12,17-20,23H,2-4,13-16,21-22H2,1H3,(H,38,42)(H,40,41)(H,35,36,37). The normalized spacial score (nSPS) is 13.1. The number of piperidine rings is 2. The Kier molecular flexibility index (Phi) is 23.8. The van der Waals surface area contributed by atoms with Crippen LogP contribution in [0.25, 0.3) is 22.5 Å². The number of ether oxygens (including phenoxy) is 1. The molecule has 0 atom stereocenters. The van der Waals surface area contributed by atoms with Crippen molar-refractivity contribution >= 4 is 81.7 Å². The van der Waals surface area contributed by atoms with Crippen molar-refractivity contribution in [1.82, 2.24) is 19.9 Å². The number of aromatic nitrogens is 4. The van der Waals surface area contributed by atoms with Crippen molar-refractivity contribution in [2.24, 2.45) is 0 Å². The molecule has 90 heavy (non-hydrogen) atoms. The largest absolute Gasteiger partial charge is 0.481 e. The Bertz CT molecular complexity index is 3730. The van der Waals surface area contributed by atoms with Gasteiger partial charge in [0.15, 0.2) is 0 Å². The monoisotopic (exact) mass is 1250 g/mol. The van der Waals surface area contributed by atoms with E-state index in [0.29, 0.717) is 76.7 Å². The Morgan fingerprint density at radius 2 is 0.944 bits per heavy atom. The van der Waals surface area contributed by atoms with Crippen molar-refractivity contribution in [3.05, 3.63) is 203 Å². The molecule has 0 spiro atoms. The van der Waals surface area contributed by atoms with Gasteiger partial charge in [-0.25, -0.2) is 19.9 Å². The van der Waals surface area contributed by atoms with Crippen LogP contribution in [0.3, 0.4) is 0 Å². The summed E-state index contributed by atoms with van der Waals surface area (Å²) in [5.41, 5.74) is 14.1. The van der Waals surface area contributed by atoms with E-state index in [1.165, 1.54) is 60.8 Å². The van der Waals surface area contributed by atoms with Gasteiger partial charge in [0.2, 0.25) is 0 Å². The van der Waals surface area contributed by atoms with Gasteiger partial charge in [0, 0.05) is 108 Å². The quantitative estimate of drug-likeness (QED) is 0.0282. The molecule has 2 aliphatic rings. The third-order valence-corrected chi connectivity index (χ3v) is 17.3. The Morgan fingerprint density at radius 3 is 1.38 bits per heavy atom. The van der Waals surface area contributed by atoms with Crippen LogP contribution in [0.5, 0.6) is 0 Å². The lowest BCUT2D eigenvalue weighted by Crippen LogP contribution is -2.29. The fraction of sp³-hybridized carbons (Fsp3) is 0.333. The smallest absolute Gasteiger partial charge is 0.307 e. The van der Waals surface area contributed by atoms with Crippen molar-refractivity contribution in [2.45, 2.75) is 116 Å². The fourth-order valence-corrected chi connectivity index (χ4v) is 12.5. The van der Waals surface area contributed by atoms with E-state index < -0.39 is 11.6 Å². The van der Waals surface area contributed by atoms with Gasteiger partial charge in [0.1, 0.15) is 29.9 Å². The molecule has 0 radical (unpaired) electrons. The fourth-order valence-electron chi connectivity index (χ4n) is 10.7. The summed E-state index contributed by atoms with van der Waals surface area (Å²) in [4.78, 5) is 72.9. The first-order valence-corrected chi connectivity index (χ1v) is 33.3. The molecule has 5 N–H and O–H groups in total. The molecule has 10 rings (SSSR count). The highest BCUT2D eigenvalue weighted by molar-refractivity contribution is 7.98. The zero-order chi connectivity index (χ0) is 63.2. The van der Waals surface area contributed by atoms with E-state index >= 15 is 0 Å². The molecule has 2 aliphatic heterocycles. The summed E-state index contributed by atoms with van der Waals surface area (Å²) in [7, 11) is 0. The molecule has 2 saturated heterocycles. The summed E-state index contributed by atoms with van der Waals surface area (Å²) >= 11 is 3.19. The van der Waals surface area contributed by atoms with Crippen molar-refractivity contribution in [2.75, 3.05) is 68.8 Å². The lowest BCUT2D eigenvalue weighted by Gasteiger charge is -2.29. The molecule has 468 valence electrons. The van der Waals surface area contributed by atoms with Gasteiger partial charge >= 0.3 is 11.9 Å². The second-order valence-electron chi connectivity index (χ2n) is 23.7. The number of thioether (sulfide) groups is 2. The molecule has 0 aliphatic carbocycles. The first kappa shape index (κ1) is 65.7. The third kappa shape index (κ3) is 20.4. The summed E-state index contributed by atoms with van der Waals surface area (Å²) in [6.07, 6.45) is 10.8. The van der Waals surface area contributed by atoms with E-state index in [9.17, 15) is 19.2 Å². The Balaban J connectivity index is 0.000000214. The van der Waals surface area contributed by atoms with Gasteiger partial charge in [-0.05, 0) is 156 Å². The highest BCUT2D eigenvalue weighted by atomic mass is 32.2. The predicted molar refractivity (Wildman–Crippen MR) is 368 cm³/mol. The zero-order valence-electron chi connectivity index (χ0n) is 52.2. The van der Waals surface area contributed by atoms with Crippen molar-refractivity contribution in [1.29, 1.82) is 0 Å². The number of esters is 1. The van der Waals surface area contributed by atoms with Crippen LogP contribution >= 0.6 is 23.5 Å².